The zero-order chi connectivity index (χ0) is 14.2. The van der Waals surface area contributed by atoms with Crippen molar-refractivity contribution in [2.45, 2.75) is 6.54 Å². The first-order chi connectivity index (χ1) is 10.3. The second-order valence-electron chi connectivity index (χ2n) is 5.93. The van der Waals surface area contributed by atoms with E-state index in [9.17, 15) is 4.79 Å². The molecule has 5 nitrogen and oxygen atoms in total. The van der Waals surface area contributed by atoms with Crippen molar-refractivity contribution in [2.75, 3.05) is 26.2 Å². The number of amides is 1. The van der Waals surface area contributed by atoms with E-state index in [1.807, 2.05) is 22.6 Å². The summed E-state index contributed by atoms with van der Waals surface area (Å²) in [5.41, 5.74) is 3.54. The third kappa shape index (κ3) is 2.49. The van der Waals surface area contributed by atoms with Gasteiger partial charge in [0.1, 0.15) is 5.69 Å². The number of nitrogens with zero attached hydrogens (tertiary/aromatic N) is 3. The average molecular weight is 303 g/mol. The van der Waals surface area contributed by atoms with Gasteiger partial charge in [0.15, 0.2) is 0 Å². The Balaban J connectivity index is 1.36. The van der Waals surface area contributed by atoms with Gasteiger partial charge in [-0.1, -0.05) is 0 Å². The van der Waals surface area contributed by atoms with E-state index in [1.54, 1.807) is 11.8 Å². The average Bonchev–Trinajstić information content (AvgIpc) is 3.23. The van der Waals surface area contributed by atoms with Gasteiger partial charge >= 0.3 is 0 Å². The summed E-state index contributed by atoms with van der Waals surface area (Å²) in [5, 5.41) is 1.83. The van der Waals surface area contributed by atoms with Crippen LogP contribution >= 0.6 is 11.3 Å². The van der Waals surface area contributed by atoms with Gasteiger partial charge in [-0.2, -0.15) is 0 Å². The molecule has 2 aliphatic rings. The highest BCUT2D eigenvalue weighted by Gasteiger charge is 2.41. The molecule has 0 saturated carbocycles. The van der Waals surface area contributed by atoms with Gasteiger partial charge in [-0.25, -0.2) is 4.98 Å². The van der Waals surface area contributed by atoms with Gasteiger partial charge in [-0.05, 0) is 17.9 Å². The normalized spacial score (nSPS) is 25.4. The van der Waals surface area contributed by atoms with Crippen molar-refractivity contribution < 1.29 is 9.21 Å². The van der Waals surface area contributed by atoms with Crippen LogP contribution < -0.4 is 0 Å². The largest absolute Gasteiger partial charge is 0.472 e. The molecular weight excluding hydrogens is 286 g/mol. The Morgan fingerprint density at radius 1 is 1.33 bits per heavy atom. The Labute approximate surface area is 127 Å². The van der Waals surface area contributed by atoms with Crippen LogP contribution in [0.25, 0.3) is 0 Å². The first-order valence-corrected chi connectivity index (χ1v) is 8.15. The summed E-state index contributed by atoms with van der Waals surface area (Å²) in [6, 6.07) is 2.02. The summed E-state index contributed by atoms with van der Waals surface area (Å²) < 4.78 is 5.12. The lowest BCUT2D eigenvalue weighted by Gasteiger charge is -2.20. The molecule has 0 radical (unpaired) electrons. The van der Waals surface area contributed by atoms with Crippen LogP contribution in [0.1, 0.15) is 16.1 Å². The molecule has 0 spiro atoms. The lowest BCUT2D eigenvalue weighted by atomic mass is 10.0. The quantitative estimate of drug-likeness (QED) is 0.869. The Morgan fingerprint density at radius 2 is 2.14 bits per heavy atom. The topological polar surface area (TPSA) is 49.6 Å². The summed E-state index contributed by atoms with van der Waals surface area (Å²) in [5.74, 6) is 1.28. The molecule has 6 heteroatoms. The molecule has 110 valence electrons. The predicted molar refractivity (Wildman–Crippen MR) is 79.0 cm³/mol. The molecule has 0 aliphatic carbocycles. The van der Waals surface area contributed by atoms with Crippen molar-refractivity contribution in [3.63, 3.8) is 0 Å². The lowest BCUT2D eigenvalue weighted by molar-refractivity contribution is 0.0768. The van der Waals surface area contributed by atoms with Crippen molar-refractivity contribution in [2.24, 2.45) is 11.8 Å². The van der Waals surface area contributed by atoms with Crippen LogP contribution in [0.3, 0.4) is 0 Å². The van der Waals surface area contributed by atoms with Crippen molar-refractivity contribution in [3.8, 4) is 0 Å². The highest BCUT2D eigenvalue weighted by atomic mass is 32.1. The molecular formula is C15H17N3O2S. The van der Waals surface area contributed by atoms with E-state index in [2.05, 4.69) is 9.88 Å². The Hall–Kier alpha value is -1.66. The number of hydrogen-bond donors (Lipinski definition) is 0. The SMILES string of the molecule is O=C(c1cscn1)N1CC2CN(Cc3ccoc3)CC2C1. The van der Waals surface area contributed by atoms with E-state index in [0.29, 0.717) is 17.5 Å². The highest BCUT2D eigenvalue weighted by molar-refractivity contribution is 7.07. The van der Waals surface area contributed by atoms with Crippen LogP contribution in [0.15, 0.2) is 33.9 Å². The number of aromatic nitrogens is 1. The molecule has 0 aromatic carbocycles. The van der Waals surface area contributed by atoms with Gasteiger partial charge in [-0.15, -0.1) is 11.3 Å². The molecule has 4 rings (SSSR count). The number of fused-ring (bicyclic) bond motifs is 1. The second-order valence-corrected chi connectivity index (χ2v) is 6.65. The van der Waals surface area contributed by atoms with Gasteiger partial charge in [-0.3, -0.25) is 9.69 Å². The van der Waals surface area contributed by atoms with Crippen LogP contribution in [-0.2, 0) is 6.54 Å². The summed E-state index contributed by atoms with van der Waals surface area (Å²) in [4.78, 5) is 20.9. The number of likely N-dealkylation sites (tertiary alicyclic amines) is 2. The molecule has 2 atom stereocenters. The van der Waals surface area contributed by atoms with Gasteiger partial charge in [0.05, 0.1) is 18.0 Å². The molecule has 4 heterocycles. The van der Waals surface area contributed by atoms with Crippen LogP contribution in [0, 0.1) is 11.8 Å². The maximum Gasteiger partial charge on any atom is 0.273 e. The molecule has 21 heavy (non-hydrogen) atoms. The van der Waals surface area contributed by atoms with E-state index in [-0.39, 0.29) is 5.91 Å². The van der Waals surface area contributed by atoms with Crippen LogP contribution in [0.5, 0.6) is 0 Å². The fourth-order valence-electron chi connectivity index (χ4n) is 3.51. The summed E-state index contributed by atoms with van der Waals surface area (Å²) in [6.45, 7) is 4.81. The highest BCUT2D eigenvalue weighted by Crippen LogP contribution is 2.32. The first-order valence-electron chi connectivity index (χ1n) is 7.20. The number of carbonyl (C=O) groups excluding carboxylic acids is 1. The molecule has 2 aromatic rings. The molecule has 2 aromatic heterocycles. The summed E-state index contributed by atoms with van der Waals surface area (Å²) >= 11 is 1.47. The standard InChI is InChI=1S/C15H17N3O2S/c19-15(14-9-21-10-16-14)18-6-12-4-17(5-13(12)7-18)3-11-1-2-20-8-11/h1-2,8-10,12-13H,3-7H2. The minimum atomic E-state index is 0.0898. The van der Waals surface area contributed by atoms with E-state index in [4.69, 9.17) is 4.42 Å². The number of rotatable bonds is 3. The molecule has 1 amide bonds. The van der Waals surface area contributed by atoms with Crippen molar-refractivity contribution >= 4 is 17.2 Å². The molecule has 2 aliphatic heterocycles. The van der Waals surface area contributed by atoms with Crippen LogP contribution in [-0.4, -0.2) is 46.9 Å². The molecule has 2 unspecified atom stereocenters. The third-order valence-electron chi connectivity index (χ3n) is 4.49. The van der Waals surface area contributed by atoms with Gasteiger partial charge in [0.25, 0.3) is 5.91 Å². The van der Waals surface area contributed by atoms with E-state index >= 15 is 0 Å². The minimum Gasteiger partial charge on any atom is -0.472 e. The molecule has 2 fully saturated rings. The van der Waals surface area contributed by atoms with Gasteiger partial charge in [0.2, 0.25) is 0 Å². The van der Waals surface area contributed by atoms with Crippen molar-refractivity contribution in [1.29, 1.82) is 0 Å². The van der Waals surface area contributed by atoms with Crippen molar-refractivity contribution in [3.05, 3.63) is 40.7 Å². The Bertz CT molecular complexity index is 597. The first kappa shape index (κ1) is 13.0. The molecule has 0 bridgehead atoms. The summed E-state index contributed by atoms with van der Waals surface area (Å²) in [6.07, 6.45) is 3.53. The monoisotopic (exact) mass is 303 g/mol. The number of carbonyl (C=O) groups is 1. The Morgan fingerprint density at radius 3 is 2.76 bits per heavy atom. The predicted octanol–water partition coefficient (Wildman–Crippen LogP) is 1.94. The summed E-state index contributed by atoms with van der Waals surface area (Å²) in [7, 11) is 0. The van der Waals surface area contributed by atoms with E-state index in [0.717, 1.165) is 32.7 Å². The minimum absolute atomic E-state index is 0.0898. The number of furan rings is 1. The maximum absolute atomic E-state index is 12.3. The van der Waals surface area contributed by atoms with E-state index < -0.39 is 0 Å². The van der Waals surface area contributed by atoms with Crippen LogP contribution in [0.2, 0.25) is 0 Å². The van der Waals surface area contributed by atoms with Gasteiger partial charge in [0, 0.05) is 43.7 Å². The second kappa shape index (κ2) is 5.27. The number of hydrogen-bond acceptors (Lipinski definition) is 5. The zero-order valence-electron chi connectivity index (χ0n) is 11.6. The van der Waals surface area contributed by atoms with E-state index in [1.165, 1.54) is 16.9 Å². The zero-order valence-corrected chi connectivity index (χ0v) is 12.5. The smallest absolute Gasteiger partial charge is 0.273 e. The number of thiazole rings is 1. The Kier molecular flexibility index (Phi) is 3.27. The molecule has 0 N–H and O–H groups in total. The lowest BCUT2D eigenvalue weighted by Crippen LogP contribution is -2.33. The van der Waals surface area contributed by atoms with Crippen molar-refractivity contribution in [1.82, 2.24) is 14.8 Å². The van der Waals surface area contributed by atoms with Crippen LogP contribution in [0.4, 0.5) is 0 Å². The van der Waals surface area contributed by atoms with Gasteiger partial charge < -0.3 is 9.32 Å². The fourth-order valence-corrected chi connectivity index (χ4v) is 4.03. The fraction of sp³-hybridized carbons (Fsp3) is 0.467. The maximum atomic E-state index is 12.3. The molecule has 2 saturated heterocycles. The third-order valence-corrected chi connectivity index (χ3v) is 5.07.